The molecule has 0 spiro atoms. The summed E-state index contributed by atoms with van der Waals surface area (Å²) in [6.07, 6.45) is 1.77. The molecule has 0 bridgehead atoms. The van der Waals surface area contributed by atoms with Gasteiger partial charge in [0.15, 0.2) is 0 Å². The first-order valence-electron chi connectivity index (χ1n) is 12.5. The molecule has 34 heavy (non-hydrogen) atoms. The third-order valence-corrected chi connectivity index (χ3v) is 7.21. The van der Waals surface area contributed by atoms with Gasteiger partial charge in [-0.2, -0.15) is 0 Å². The lowest BCUT2D eigenvalue weighted by atomic mass is 9.95. The average molecular weight is 462 g/mol. The zero-order chi connectivity index (χ0) is 23.3. The maximum absolute atomic E-state index is 13.3. The van der Waals surface area contributed by atoms with Crippen molar-refractivity contribution < 1.29 is 9.53 Å². The highest BCUT2D eigenvalue weighted by Gasteiger charge is 2.31. The molecule has 3 heterocycles. The molecule has 2 aromatic carbocycles. The lowest BCUT2D eigenvalue weighted by Crippen LogP contribution is -2.51. The number of carbonyl (C=O) groups excluding carboxylic acids is 1. The monoisotopic (exact) mass is 461 g/mol. The van der Waals surface area contributed by atoms with Gasteiger partial charge in [-0.05, 0) is 30.5 Å². The van der Waals surface area contributed by atoms with Crippen LogP contribution < -0.4 is 4.90 Å². The van der Waals surface area contributed by atoms with Crippen LogP contribution in [0.3, 0.4) is 0 Å². The molecular weight excluding hydrogens is 426 g/mol. The molecule has 5 rings (SSSR count). The minimum atomic E-state index is 0.119. The van der Waals surface area contributed by atoms with E-state index < -0.39 is 0 Å². The van der Waals surface area contributed by atoms with E-state index in [9.17, 15) is 4.79 Å². The highest BCUT2D eigenvalue weighted by Crippen LogP contribution is 2.28. The number of aromatic nitrogens is 2. The van der Waals surface area contributed by atoms with Gasteiger partial charge < -0.3 is 19.1 Å². The van der Waals surface area contributed by atoms with E-state index in [0.29, 0.717) is 12.5 Å². The standard InChI is InChI=1S/C27H35N5O2/c1-34-20-19-32-25-10-6-5-9-24(25)28-27(32)31-13-11-23(12-14-31)26(33)30-17-15-29(16-18-30)21-22-7-3-2-4-8-22/h2-10,23H,11-21H2,1H3. The van der Waals surface area contributed by atoms with Crippen molar-refractivity contribution in [3.8, 4) is 0 Å². The number of fused-ring (bicyclic) bond motifs is 1. The fraction of sp³-hybridized carbons (Fsp3) is 0.481. The molecule has 0 N–H and O–H groups in total. The Bertz CT molecular complexity index is 1080. The number of imidazole rings is 1. The van der Waals surface area contributed by atoms with Gasteiger partial charge in [-0.3, -0.25) is 9.69 Å². The summed E-state index contributed by atoms with van der Waals surface area (Å²) in [7, 11) is 1.73. The van der Waals surface area contributed by atoms with Gasteiger partial charge in [0.2, 0.25) is 11.9 Å². The summed E-state index contributed by atoms with van der Waals surface area (Å²) in [4.78, 5) is 25.1. The molecule has 0 unspecified atom stereocenters. The van der Waals surface area contributed by atoms with Crippen LogP contribution in [0.25, 0.3) is 11.0 Å². The Morgan fingerprint density at radius 2 is 1.65 bits per heavy atom. The number of carbonyl (C=O) groups is 1. The SMILES string of the molecule is COCCn1c(N2CCC(C(=O)N3CCN(Cc4ccccc4)CC3)CC2)nc2ccccc21. The minimum Gasteiger partial charge on any atom is -0.383 e. The molecule has 3 aromatic rings. The molecule has 1 amide bonds. The third kappa shape index (κ3) is 4.95. The third-order valence-electron chi connectivity index (χ3n) is 7.21. The lowest BCUT2D eigenvalue weighted by Gasteiger charge is -2.38. The Hall–Kier alpha value is -2.90. The first kappa shape index (κ1) is 22.9. The van der Waals surface area contributed by atoms with Gasteiger partial charge in [-0.15, -0.1) is 0 Å². The first-order valence-corrected chi connectivity index (χ1v) is 12.5. The number of rotatable bonds is 7. The van der Waals surface area contributed by atoms with Gasteiger partial charge in [0, 0.05) is 65.4 Å². The fourth-order valence-corrected chi connectivity index (χ4v) is 5.26. The molecule has 2 aliphatic heterocycles. The van der Waals surface area contributed by atoms with Crippen LogP contribution in [0.4, 0.5) is 5.95 Å². The molecule has 1 aromatic heterocycles. The van der Waals surface area contributed by atoms with E-state index in [-0.39, 0.29) is 5.92 Å². The highest BCUT2D eigenvalue weighted by molar-refractivity contribution is 5.80. The highest BCUT2D eigenvalue weighted by atomic mass is 16.5. The Labute approximate surface area is 201 Å². The molecule has 2 aliphatic rings. The topological polar surface area (TPSA) is 53.8 Å². The van der Waals surface area contributed by atoms with Crippen LogP contribution in [-0.4, -0.2) is 78.2 Å². The Kier molecular flexibility index (Phi) is 7.11. The minimum absolute atomic E-state index is 0.119. The van der Waals surface area contributed by atoms with Gasteiger partial charge in [0.1, 0.15) is 0 Å². The van der Waals surface area contributed by atoms with E-state index in [1.807, 2.05) is 6.07 Å². The Morgan fingerprint density at radius 3 is 2.38 bits per heavy atom. The van der Waals surface area contributed by atoms with Gasteiger partial charge in [0.05, 0.1) is 17.6 Å². The fourth-order valence-electron chi connectivity index (χ4n) is 5.26. The number of piperidine rings is 1. The van der Waals surface area contributed by atoms with Crippen molar-refractivity contribution in [2.75, 3.05) is 57.9 Å². The van der Waals surface area contributed by atoms with E-state index in [1.54, 1.807) is 7.11 Å². The van der Waals surface area contributed by atoms with Crippen LogP contribution in [-0.2, 0) is 22.6 Å². The van der Waals surface area contributed by atoms with Crippen molar-refractivity contribution in [1.29, 1.82) is 0 Å². The number of amides is 1. The van der Waals surface area contributed by atoms with Crippen molar-refractivity contribution in [3.05, 3.63) is 60.2 Å². The second kappa shape index (κ2) is 10.6. The molecule has 0 atom stereocenters. The van der Waals surface area contributed by atoms with Crippen molar-refractivity contribution in [2.45, 2.75) is 25.9 Å². The van der Waals surface area contributed by atoms with E-state index in [0.717, 1.165) is 82.2 Å². The van der Waals surface area contributed by atoms with E-state index in [4.69, 9.17) is 9.72 Å². The van der Waals surface area contributed by atoms with Crippen LogP contribution in [0.5, 0.6) is 0 Å². The summed E-state index contributed by atoms with van der Waals surface area (Å²) in [6.45, 7) is 7.67. The molecule has 2 saturated heterocycles. The zero-order valence-electron chi connectivity index (χ0n) is 20.1. The Morgan fingerprint density at radius 1 is 0.941 bits per heavy atom. The number of benzene rings is 2. The second-order valence-electron chi connectivity index (χ2n) is 9.39. The van der Waals surface area contributed by atoms with Gasteiger partial charge in [-0.25, -0.2) is 4.98 Å². The van der Waals surface area contributed by atoms with Crippen molar-refractivity contribution in [2.24, 2.45) is 5.92 Å². The molecule has 0 radical (unpaired) electrons. The van der Waals surface area contributed by atoms with Gasteiger partial charge in [0.25, 0.3) is 0 Å². The summed E-state index contributed by atoms with van der Waals surface area (Å²) in [5, 5.41) is 0. The van der Waals surface area contributed by atoms with E-state index >= 15 is 0 Å². The number of anilines is 1. The zero-order valence-corrected chi connectivity index (χ0v) is 20.1. The Balaban J connectivity index is 1.16. The summed E-state index contributed by atoms with van der Waals surface area (Å²) in [5.74, 6) is 1.46. The number of hydrogen-bond acceptors (Lipinski definition) is 5. The van der Waals surface area contributed by atoms with Crippen LogP contribution in [0.15, 0.2) is 54.6 Å². The predicted octanol–water partition coefficient (Wildman–Crippen LogP) is 3.24. The number of ether oxygens (including phenoxy) is 1. The quantitative estimate of drug-likeness (QED) is 0.541. The largest absolute Gasteiger partial charge is 0.383 e. The number of para-hydroxylation sites is 2. The average Bonchev–Trinajstić information content (AvgIpc) is 3.27. The number of nitrogens with zero attached hydrogens (tertiary/aromatic N) is 5. The number of piperazine rings is 1. The molecule has 0 saturated carbocycles. The summed E-state index contributed by atoms with van der Waals surface area (Å²) in [6, 6.07) is 18.9. The molecule has 7 nitrogen and oxygen atoms in total. The molecular formula is C27H35N5O2. The molecule has 2 fully saturated rings. The molecule has 180 valence electrons. The summed E-state index contributed by atoms with van der Waals surface area (Å²) >= 11 is 0. The van der Waals surface area contributed by atoms with Crippen molar-refractivity contribution in [3.63, 3.8) is 0 Å². The predicted molar refractivity (Wildman–Crippen MR) is 135 cm³/mol. The van der Waals surface area contributed by atoms with Crippen LogP contribution >= 0.6 is 0 Å². The van der Waals surface area contributed by atoms with Crippen LogP contribution in [0.1, 0.15) is 18.4 Å². The van der Waals surface area contributed by atoms with Crippen LogP contribution in [0, 0.1) is 5.92 Å². The number of hydrogen-bond donors (Lipinski definition) is 0. The molecule has 7 heteroatoms. The smallest absolute Gasteiger partial charge is 0.225 e. The van der Waals surface area contributed by atoms with E-state index in [1.165, 1.54) is 5.56 Å². The van der Waals surface area contributed by atoms with Crippen molar-refractivity contribution >= 4 is 22.9 Å². The van der Waals surface area contributed by atoms with Crippen LogP contribution in [0.2, 0.25) is 0 Å². The summed E-state index contributed by atoms with van der Waals surface area (Å²) in [5.41, 5.74) is 3.49. The van der Waals surface area contributed by atoms with Crippen molar-refractivity contribution in [1.82, 2.24) is 19.4 Å². The van der Waals surface area contributed by atoms with Gasteiger partial charge in [-0.1, -0.05) is 42.5 Å². The lowest BCUT2D eigenvalue weighted by molar-refractivity contribution is -0.138. The van der Waals surface area contributed by atoms with Gasteiger partial charge >= 0.3 is 0 Å². The maximum atomic E-state index is 13.3. The molecule has 0 aliphatic carbocycles. The number of methoxy groups -OCH3 is 1. The van der Waals surface area contributed by atoms with E-state index in [2.05, 4.69) is 67.8 Å². The first-order chi connectivity index (χ1) is 16.7. The second-order valence-corrected chi connectivity index (χ2v) is 9.39. The normalized spacial score (nSPS) is 18.0. The maximum Gasteiger partial charge on any atom is 0.225 e. The summed E-state index contributed by atoms with van der Waals surface area (Å²) < 4.78 is 7.60.